The van der Waals surface area contributed by atoms with Gasteiger partial charge in [-0.05, 0) is 63.7 Å². The van der Waals surface area contributed by atoms with Gasteiger partial charge in [-0.25, -0.2) is 4.79 Å². The third kappa shape index (κ3) is 2.51. The van der Waals surface area contributed by atoms with Gasteiger partial charge in [0.15, 0.2) is 0 Å². The van der Waals surface area contributed by atoms with E-state index in [0.29, 0.717) is 12.0 Å². The summed E-state index contributed by atoms with van der Waals surface area (Å²) in [5.41, 5.74) is 2.22. The first-order valence-corrected chi connectivity index (χ1v) is 9.95. The number of aliphatic carboxylic acids is 1. The SMILES string of the molecule is C[C@@H](O)[C@H]1C(=O)N2C(C(=O)O)=C(c3ccc4cc(CO)c5ccccc5c4c3)C[C@H]12. The quantitative estimate of drug-likeness (QED) is 0.460. The van der Waals surface area contributed by atoms with Gasteiger partial charge < -0.3 is 20.2 Å². The van der Waals surface area contributed by atoms with Gasteiger partial charge in [0.05, 0.1) is 24.7 Å². The van der Waals surface area contributed by atoms with E-state index >= 15 is 0 Å². The van der Waals surface area contributed by atoms with Crippen molar-refractivity contribution in [2.24, 2.45) is 5.92 Å². The molecule has 5 rings (SSSR count). The summed E-state index contributed by atoms with van der Waals surface area (Å²) in [7, 11) is 0. The Morgan fingerprint density at radius 2 is 1.87 bits per heavy atom. The summed E-state index contributed by atoms with van der Waals surface area (Å²) in [4.78, 5) is 25.8. The molecule has 6 nitrogen and oxygen atoms in total. The van der Waals surface area contributed by atoms with E-state index in [-0.39, 0.29) is 24.3 Å². The lowest BCUT2D eigenvalue weighted by atomic mass is 9.82. The molecule has 3 atom stereocenters. The van der Waals surface area contributed by atoms with E-state index in [2.05, 4.69) is 0 Å². The zero-order valence-electron chi connectivity index (χ0n) is 16.4. The van der Waals surface area contributed by atoms with Crippen molar-refractivity contribution in [3.05, 3.63) is 65.4 Å². The molecule has 0 saturated carbocycles. The number of rotatable bonds is 4. The highest BCUT2D eigenvalue weighted by Gasteiger charge is 2.56. The molecule has 0 unspecified atom stereocenters. The highest BCUT2D eigenvalue weighted by Crippen LogP contribution is 2.47. The fourth-order valence-corrected chi connectivity index (χ4v) is 5.02. The van der Waals surface area contributed by atoms with Crippen LogP contribution in [-0.4, -0.2) is 44.2 Å². The molecule has 0 aromatic heterocycles. The smallest absolute Gasteiger partial charge is 0.352 e. The first-order chi connectivity index (χ1) is 14.4. The lowest BCUT2D eigenvalue weighted by Gasteiger charge is -2.44. The fourth-order valence-electron chi connectivity index (χ4n) is 5.02. The molecule has 1 saturated heterocycles. The maximum Gasteiger partial charge on any atom is 0.352 e. The Kier molecular flexibility index (Phi) is 4.17. The molecule has 0 spiro atoms. The van der Waals surface area contributed by atoms with Gasteiger partial charge in [-0.3, -0.25) is 4.79 Å². The predicted molar refractivity (Wildman–Crippen MR) is 112 cm³/mol. The molecule has 30 heavy (non-hydrogen) atoms. The molecule has 2 heterocycles. The molecule has 3 N–H and O–H groups in total. The number of amides is 1. The number of nitrogens with zero attached hydrogens (tertiary/aromatic N) is 1. The van der Waals surface area contributed by atoms with Crippen LogP contribution in [0, 0.1) is 5.92 Å². The van der Waals surface area contributed by atoms with Gasteiger partial charge in [-0.2, -0.15) is 0 Å². The number of hydrogen-bond acceptors (Lipinski definition) is 4. The number of fused-ring (bicyclic) bond motifs is 4. The lowest BCUT2D eigenvalue weighted by Crippen LogP contribution is -2.61. The maximum absolute atomic E-state index is 12.5. The average molecular weight is 403 g/mol. The van der Waals surface area contributed by atoms with Crippen molar-refractivity contribution in [2.75, 3.05) is 0 Å². The minimum atomic E-state index is -1.13. The number of carbonyl (C=O) groups is 2. The maximum atomic E-state index is 12.5. The number of benzene rings is 3. The highest BCUT2D eigenvalue weighted by molar-refractivity contribution is 6.11. The van der Waals surface area contributed by atoms with E-state index in [4.69, 9.17) is 0 Å². The largest absolute Gasteiger partial charge is 0.477 e. The Labute approximate surface area is 172 Å². The summed E-state index contributed by atoms with van der Waals surface area (Å²) in [5, 5.41) is 33.4. The van der Waals surface area contributed by atoms with Crippen LogP contribution in [-0.2, 0) is 16.2 Å². The van der Waals surface area contributed by atoms with Crippen molar-refractivity contribution in [3.8, 4) is 0 Å². The highest BCUT2D eigenvalue weighted by atomic mass is 16.4. The molecule has 2 aliphatic rings. The van der Waals surface area contributed by atoms with E-state index in [9.17, 15) is 24.9 Å². The Bertz CT molecular complexity index is 1260. The second-order valence-electron chi connectivity index (χ2n) is 8.05. The molecule has 0 aliphatic carbocycles. The fraction of sp³-hybridized carbons (Fsp3) is 0.250. The zero-order chi connectivity index (χ0) is 21.2. The number of hydrogen-bond donors (Lipinski definition) is 3. The Morgan fingerprint density at radius 3 is 2.53 bits per heavy atom. The normalized spacial score (nSPS) is 21.8. The number of aliphatic hydroxyl groups is 2. The van der Waals surface area contributed by atoms with Crippen molar-refractivity contribution in [1.29, 1.82) is 0 Å². The summed E-state index contributed by atoms with van der Waals surface area (Å²) in [6.45, 7) is 1.51. The standard InChI is InChI=1S/C24H21NO5/c1-12(27)21-20-10-19(22(24(29)30)25(20)23(21)28)14-7-6-13-8-15(11-26)16-4-2-3-5-17(16)18(13)9-14/h2-9,12,20-21,26-27H,10-11H2,1H3,(H,29,30)/t12-,20-,21-/m1/s1. The number of aliphatic hydroxyl groups excluding tert-OH is 2. The van der Waals surface area contributed by atoms with Crippen LogP contribution in [0.2, 0.25) is 0 Å². The topological polar surface area (TPSA) is 98.1 Å². The number of carboxylic acid groups (broad SMARTS) is 1. The van der Waals surface area contributed by atoms with Gasteiger partial charge >= 0.3 is 5.97 Å². The number of carbonyl (C=O) groups excluding carboxylic acids is 1. The van der Waals surface area contributed by atoms with Crippen molar-refractivity contribution in [1.82, 2.24) is 4.90 Å². The predicted octanol–water partition coefficient (Wildman–Crippen LogP) is 2.89. The van der Waals surface area contributed by atoms with Crippen molar-refractivity contribution < 1.29 is 24.9 Å². The van der Waals surface area contributed by atoms with Crippen LogP contribution in [0.1, 0.15) is 24.5 Å². The Morgan fingerprint density at radius 1 is 1.13 bits per heavy atom. The van der Waals surface area contributed by atoms with Crippen molar-refractivity contribution in [2.45, 2.75) is 32.1 Å². The van der Waals surface area contributed by atoms with E-state index in [1.54, 1.807) is 6.92 Å². The van der Waals surface area contributed by atoms with Crippen LogP contribution in [0.4, 0.5) is 0 Å². The van der Waals surface area contributed by atoms with Crippen LogP contribution in [0.25, 0.3) is 27.1 Å². The van der Waals surface area contributed by atoms with Gasteiger partial charge in [0.1, 0.15) is 5.70 Å². The second-order valence-corrected chi connectivity index (χ2v) is 8.05. The van der Waals surface area contributed by atoms with Crippen LogP contribution in [0.3, 0.4) is 0 Å². The van der Waals surface area contributed by atoms with Crippen molar-refractivity contribution >= 4 is 39.0 Å². The van der Waals surface area contributed by atoms with Gasteiger partial charge in [-0.15, -0.1) is 0 Å². The Hall–Kier alpha value is -3.22. The van der Waals surface area contributed by atoms with Crippen molar-refractivity contribution in [3.63, 3.8) is 0 Å². The monoisotopic (exact) mass is 403 g/mol. The van der Waals surface area contributed by atoms with E-state index in [1.807, 2.05) is 48.5 Å². The molecular formula is C24H21NO5. The third-order valence-corrected chi connectivity index (χ3v) is 6.40. The first-order valence-electron chi connectivity index (χ1n) is 9.95. The molecule has 3 aromatic carbocycles. The molecule has 152 valence electrons. The van der Waals surface area contributed by atoms with Crippen LogP contribution in [0.5, 0.6) is 0 Å². The van der Waals surface area contributed by atoms with Crippen LogP contribution >= 0.6 is 0 Å². The molecular weight excluding hydrogens is 382 g/mol. The summed E-state index contributed by atoms with van der Waals surface area (Å²) in [5.74, 6) is -2.03. The van der Waals surface area contributed by atoms with E-state index in [0.717, 1.165) is 32.7 Å². The Balaban J connectivity index is 1.69. The molecule has 6 heteroatoms. The van der Waals surface area contributed by atoms with Crippen LogP contribution < -0.4 is 0 Å². The summed E-state index contributed by atoms with van der Waals surface area (Å²) >= 11 is 0. The van der Waals surface area contributed by atoms with Crippen LogP contribution in [0.15, 0.2) is 54.2 Å². The summed E-state index contributed by atoms with van der Waals surface area (Å²) in [6.07, 6.45) is -0.410. The molecule has 2 aliphatic heterocycles. The molecule has 3 aromatic rings. The average Bonchev–Trinajstić information content (AvgIpc) is 3.07. The van der Waals surface area contributed by atoms with E-state index < -0.39 is 18.0 Å². The molecule has 0 radical (unpaired) electrons. The molecule has 0 bridgehead atoms. The van der Waals surface area contributed by atoms with Gasteiger partial charge in [-0.1, -0.05) is 36.4 Å². The lowest BCUT2D eigenvalue weighted by molar-refractivity contribution is -0.161. The zero-order valence-corrected chi connectivity index (χ0v) is 16.4. The third-order valence-electron chi connectivity index (χ3n) is 6.40. The van der Waals surface area contributed by atoms with Gasteiger partial charge in [0.25, 0.3) is 0 Å². The van der Waals surface area contributed by atoms with Gasteiger partial charge in [0.2, 0.25) is 5.91 Å². The minimum absolute atomic E-state index is 0.0116. The minimum Gasteiger partial charge on any atom is -0.477 e. The molecule has 1 fully saturated rings. The molecule has 1 amide bonds. The number of carboxylic acids is 1. The number of β-lactam (4-membered cyclic amide) rings is 1. The second kappa shape index (κ2) is 6.65. The summed E-state index contributed by atoms with van der Waals surface area (Å²) < 4.78 is 0. The first kappa shape index (κ1) is 18.8. The van der Waals surface area contributed by atoms with E-state index in [1.165, 1.54) is 4.90 Å². The summed E-state index contributed by atoms with van der Waals surface area (Å²) in [6, 6.07) is 15.2. The van der Waals surface area contributed by atoms with Gasteiger partial charge in [0, 0.05) is 0 Å².